The van der Waals surface area contributed by atoms with Crippen LogP contribution in [0, 0.1) is 0 Å². The Morgan fingerprint density at radius 1 is 1.18 bits per heavy atom. The summed E-state index contributed by atoms with van der Waals surface area (Å²) in [5.41, 5.74) is 5.96. The van der Waals surface area contributed by atoms with E-state index in [-0.39, 0.29) is 11.9 Å². The summed E-state index contributed by atoms with van der Waals surface area (Å²) < 4.78 is 0. The second-order valence-electron chi connectivity index (χ2n) is 8.65. The molecule has 1 amide bonds. The molecule has 2 aliphatic rings. The maximum absolute atomic E-state index is 12.5. The molecule has 1 unspecified atom stereocenters. The molecule has 1 atom stereocenters. The zero-order valence-electron chi connectivity index (χ0n) is 20.3. The summed E-state index contributed by atoms with van der Waals surface area (Å²) >= 11 is 0. The minimum atomic E-state index is -0.0544. The SMILES string of the molecule is C=C1CC2=CN=C(Nc3ccc(C(=O)NCCN(CC)CC)cc3)N(C)C2c2ccccc2N1. The molecule has 3 N–H and O–H groups in total. The lowest BCUT2D eigenvalue weighted by Gasteiger charge is -2.35. The van der Waals surface area contributed by atoms with E-state index in [0.717, 1.165) is 49.1 Å². The highest BCUT2D eigenvalue weighted by Gasteiger charge is 2.31. The fourth-order valence-electron chi connectivity index (χ4n) is 4.48. The molecule has 34 heavy (non-hydrogen) atoms. The number of nitrogens with one attached hydrogen (secondary N) is 3. The van der Waals surface area contributed by atoms with Crippen LogP contribution < -0.4 is 16.0 Å². The Hall–Kier alpha value is -3.58. The Bertz CT molecular complexity index is 1100. The zero-order valence-corrected chi connectivity index (χ0v) is 20.3. The number of amides is 1. The van der Waals surface area contributed by atoms with E-state index in [4.69, 9.17) is 0 Å². The minimum Gasteiger partial charge on any atom is -0.359 e. The lowest BCUT2D eigenvalue weighted by molar-refractivity contribution is 0.0949. The van der Waals surface area contributed by atoms with Crippen molar-refractivity contribution in [3.8, 4) is 0 Å². The number of rotatable bonds is 7. The van der Waals surface area contributed by atoms with Gasteiger partial charge >= 0.3 is 0 Å². The Labute approximate surface area is 202 Å². The number of allylic oxidation sites excluding steroid dienone is 1. The van der Waals surface area contributed by atoms with Gasteiger partial charge in [0.25, 0.3) is 5.91 Å². The number of hydrogen-bond acceptors (Lipinski definition) is 6. The van der Waals surface area contributed by atoms with Crippen molar-refractivity contribution in [2.24, 2.45) is 4.99 Å². The topological polar surface area (TPSA) is 72.0 Å². The number of carbonyl (C=O) groups is 1. The molecule has 2 heterocycles. The van der Waals surface area contributed by atoms with Crippen LogP contribution in [0.3, 0.4) is 0 Å². The van der Waals surface area contributed by atoms with Crippen LogP contribution in [0.2, 0.25) is 0 Å². The summed E-state index contributed by atoms with van der Waals surface area (Å²) in [5, 5.41) is 9.85. The van der Waals surface area contributed by atoms with Crippen LogP contribution in [0.15, 0.2) is 77.6 Å². The summed E-state index contributed by atoms with van der Waals surface area (Å²) in [7, 11) is 2.05. The van der Waals surface area contributed by atoms with Gasteiger partial charge in [-0.1, -0.05) is 38.6 Å². The van der Waals surface area contributed by atoms with Crippen molar-refractivity contribution in [3.05, 3.63) is 83.7 Å². The molecule has 7 heteroatoms. The first kappa shape index (κ1) is 23.6. The number of benzene rings is 2. The Morgan fingerprint density at radius 3 is 2.65 bits per heavy atom. The number of fused-ring (bicyclic) bond motifs is 3. The van der Waals surface area contributed by atoms with Crippen molar-refractivity contribution in [1.82, 2.24) is 15.1 Å². The highest BCUT2D eigenvalue weighted by molar-refractivity contribution is 5.97. The van der Waals surface area contributed by atoms with Crippen molar-refractivity contribution < 1.29 is 4.79 Å². The first-order chi connectivity index (χ1) is 16.5. The highest BCUT2D eigenvalue weighted by atomic mass is 16.1. The standard InChI is InChI=1S/C27H34N6O/c1-5-33(6-2)16-15-28-26(34)20-11-13-22(14-12-20)31-27-29-18-21-17-19(3)30-24-10-8-7-9-23(24)25(21)32(27)4/h7-14,18,25,30H,3,5-6,15-17H2,1-2,4H3,(H,28,34)(H,29,31). The Kier molecular flexibility index (Phi) is 7.33. The molecule has 2 aliphatic heterocycles. The molecule has 178 valence electrons. The molecule has 0 saturated carbocycles. The highest BCUT2D eigenvalue weighted by Crippen LogP contribution is 2.40. The van der Waals surface area contributed by atoms with E-state index in [0.29, 0.717) is 12.1 Å². The van der Waals surface area contributed by atoms with Gasteiger partial charge in [0.1, 0.15) is 0 Å². The van der Waals surface area contributed by atoms with Crippen LogP contribution in [0.25, 0.3) is 0 Å². The molecule has 0 aliphatic carbocycles. The smallest absolute Gasteiger partial charge is 0.251 e. The fraction of sp³-hybridized carbons (Fsp3) is 0.333. The van der Waals surface area contributed by atoms with Crippen molar-refractivity contribution in [1.29, 1.82) is 0 Å². The Morgan fingerprint density at radius 2 is 1.91 bits per heavy atom. The van der Waals surface area contributed by atoms with Crippen LogP contribution in [0.4, 0.5) is 11.4 Å². The lowest BCUT2D eigenvalue weighted by atomic mass is 9.95. The maximum Gasteiger partial charge on any atom is 0.251 e. The number of guanidine groups is 1. The molecule has 4 rings (SSSR count). The summed E-state index contributed by atoms with van der Waals surface area (Å²) in [4.78, 5) is 21.6. The molecule has 0 aromatic heterocycles. The average molecular weight is 459 g/mol. The van der Waals surface area contributed by atoms with E-state index < -0.39 is 0 Å². The molecule has 0 saturated heterocycles. The van der Waals surface area contributed by atoms with Crippen LogP contribution in [0.1, 0.15) is 42.2 Å². The molecule has 0 radical (unpaired) electrons. The van der Waals surface area contributed by atoms with Gasteiger partial charge in [-0.05, 0) is 49.0 Å². The van der Waals surface area contributed by atoms with Gasteiger partial charge in [-0.2, -0.15) is 0 Å². The molecular weight excluding hydrogens is 424 g/mol. The van der Waals surface area contributed by atoms with Crippen molar-refractivity contribution >= 4 is 23.2 Å². The van der Waals surface area contributed by atoms with Crippen molar-refractivity contribution in [2.75, 3.05) is 43.9 Å². The quantitative estimate of drug-likeness (QED) is 0.573. The van der Waals surface area contributed by atoms with Gasteiger partial charge in [0.2, 0.25) is 5.96 Å². The number of nitrogens with zero attached hydrogens (tertiary/aromatic N) is 3. The molecule has 0 spiro atoms. The van der Waals surface area contributed by atoms with Crippen LogP contribution in [-0.4, -0.2) is 54.9 Å². The van der Waals surface area contributed by atoms with Gasteiger partial charge in [0, 0.05) is 61.0 Å². The predicted octanol–water partition coefficient (Wildman–Crippen LogP) is 4.43. The predicted molar refractivity (Wildman–Crippen MR) is 140 cm³/mol. The molecule has 7 nitrogen and oxygen atoms in total. The van der Waals surface area contributed by atoms with Crippen molar-refractivity contribution in [3.63, 3.8) is 0 Å². The summed E-state index contributed by atoms with van der Waals surface area (Å²) in [6.45, 7) is 11.9. The van der Waals surface area contributed by atoms with Gasteiger partial charge in [-0.25, -0.2) is 4.99 Å². The number of para-hydroxylation sites is 1. The molecular formula is C27H34N6O. The van der Waals surface area contributed by atoms with Gasteiger partial charge < -0.3 is 25.8 Å². The second kappa shape index (κ2) is 10.6. The zero-order chi connectivity index (χ0) is 24.1. The average Bonchev–Trinajstić information content (AvgIpc) is 2.99. The third kappa shape index (κ3) is 5.15. The molecule has 0 bridgehead atoms. The summed E-state index contributed by atoms with van der Waals surface area (Å²) in [5.74, 6) is 0.702. The van der Waals surface area contributed by atoms with E-state index in [2.05, 4.69) is 69.4 Å². The number of likely N-dealkylation sites (N-methyl/N-ethyl adjacent to an activating group) is 2. The van der Waals surface area contributed by atoms with Crippen LogP contribution in [-0.2, 0) is 0 Å². The largest absolute Gasteiger partial charge is 0.359 e. The van der Waals surface area contributed by atoms with Gasteiger partial charge in [0.05, 0.1) is 6.04 Å². The number of hydrogen-bond donors (Lipinski definition) is 3. The first-order valence-corrected chi connectivity index (χ1v) is 11.9. The number of aliphatic imine (C=N–C) groups is 1. The fourth-order valence-corrected chi connectivity index (χ4v) is 4.48. The van der Waals surface area contributed by atoms with Gasteiger partial charge in [-0.15, -0.1) is 0 Å². The third-order valence-corrected chi connectivity index (χ3v) is 6.42. The molecule has 2 aromatic rings. The Balaban J connectivity index is 1.44. The normalized spacial score (nSPS) is 17.1. The maximum atomic E-state index is 12.5. The number of anilines is 2. The lowest BCUT2D eigenvalue weighted by Crippen LogP contribution is -2.38. The third-order valence-electron chi connectivity index (χ3n) is 6.42. The van der Waals surface area contributed by atoms with E-state index in [9.17, 15) is 4.79 Å². The van der Waals surface area contributed by atoms with Crippen molar-refractivity contribution in [2.45, 2.75) is 26.3 Å². The molecule has 0 fully saturated rings. The van der Waals surface area contributed by atoms with E-state index in [1.807, 2.05) is 43.6 Å². The van der Waals surface area contributed by atoms with Gasteiger partial charge in [0.15, 0.2) is 0 Å². The monoisotopic (exact) mass is 458 g/mol. The van der Waals surface area contributed by atoms with Crippen LogP contribution in [0.5, 0.6) is 0 Å². The van der Waals surface area contributed by atoms with E-state index in [1.165, 1.54) is 11.1 Å². The number of carbonyl (C=O) groups excluding carboxylic acids is 1. The van der Waals surface area contributed by atoms with E-state index in [1.54, 1.807) is 0 Å². The summed E-state index contributed by atoms with van der Waals surface area (Å²) in [6, 6.07) is 15.9. The molecule has 2 aromatic carbocycles. The van der Waals surface area contributed by atoms with Gasteiger partial charge in [-0.3, -0.25) is 4.79 Å². The first-order valence-electron chi connectivity index (χ1n) is 11.9. The second-order valence-corrected chi connectivity index (χ2v) is 8.65. The van der Waals surface area contributed by atoms with E-state index >= 15 is 0 Å². The summed E-state index contributed by atoms with van der Waals surface area (Å²) in [6.07, 6.45) is 2.69. The van der Waals surface area contributed by atoms with Crippen LogP contribution >= 0.6 is 0 Å². The minimum absolute atomic E-state index is 0.0544.